The Hall–Kier alpha value is -0.370. The molecule has 1 N–H and O–H groups in total. The molecule has 124 valence electrons. The maximum Gasteiger partial charge on any atom is 0.133 e. The number of aliphatic hydroxyl groups is 1. The summed E-state index contributed by atoms with van der Waals surface area (Å²) in [4.78, 5) is 11.9. The van der Waals surface area contributed by atoms with E-state index in [1.165, 1.54) is 32.1 Å². The molecule has 0 bridgehead atoms. The van der Waals surface area contributed by atoms with Crippen LogP contribution in [-0.4, -0.2) is 17.0 Å². The predicted molar refractivity (Wildman–Crippen MR) is 87.3 cm³/mol. The van der Waals surface area contributed by atoms with Crippen molar-refractivity contribution in [2.24, 2.45) is 40.4 Å². The fourth-order valence-electron chi connectivity index (χ4n) is 7.38. The Labute approximate surface area is 135 Å². The molecule has 0 heterocycles. The highest BCUT2D eigenvalue weighted by Gasteiger charge is 2.61. The lowest BCUT2D eigenvalue weighted by atomic mass is 9.45. The Kier molecular flexibility index (Phi) is 3.32. The van der Waals surface area contributed by atoms with Gasteiger partial charge in [0.1, 0.15) is 5.78 Å². The lowest BCUT2D eigenvalue weighted by Gasteiger charge is -2.60. The molecule has 0 aromatic carbocycles. The van der Waals surface area contributed by atoms with Gasteiger partial charge in [-0.3, -0.25) is 4.79 Å². The minimum Gasteiger partial charge on any atom is -0.392 e. The van der Waals surface area contributed by atoms with Crippen LogP contribution in [0.3, 0.4) is 0 Å². The third-order valence-corrected chi connectivity index (χ3v) is 8.76. The van der Waals surface area contributed by atoms with Crippen molar-refractivity contribution in [3.63, 3.8) is 0 Å². The summed E-state index contributed by atoms with van der Waals surface area (Å²) in [7, 11) is 0. The van der Waals surface area contributed by atoms with E-state index in [9.17, 15) is 9.90 Å². The molecule has 4 fully saturated rings. The van der Waals surface area contributed by atoms with E-state index in [1.807, 2.05) is 0 Å². The normalized spacial score (nSPS) is 57.9. The van der Waals surface area contributed by atoms with Gasteiger partial charge in [0.2, 0.25) is 0 Å². The van der Waals surface area contributed by atoms with Crippen LogP contribution in [0.5, 0.6) is 0 Å². The largest absolute Gasteiger partial charge is 0.392 e. The number of carbonyl (C=O) groups is 1. The average molecular weight is 304 g/mol. The summed E-state index contributed by atoms with van der Waals surface area (Å²) in [6.45, 7) is 7.11. The van der Waals surface area contributed by atoms with Crippen molar-refractivity contribution in [2.75, 3.05) is 0 Å². The Bertz CT molecular complexity index is 486. The van der Waals surface area contributed by atoms with Crippen molar-refractivity contribution >= 4 is 5.78 Å². The topological polar surface area (TPSA) is 37.3 Å². The van der Waals surface area contributed by atoms with Crippen LogP contribution >= 0.6 is 0 Å². The SMILES string of the molecule is C[C@@H]1CC2C3CC[C@H]4CC(=O)CCC4(C)C3CCC2(C)C1O. The van der Waals surface area contributed by atoms with Crippen LogP contribution < -0.4 is 0 Å². The maximum absolute atomic E-state index is 11.9. The minimum absolute atomic E-state index is 0.100. The molecule has 0 saturated heterocycles. The molecule has 0 radical (unpaired) electrons. The second kappa shape index (κ2) is 4.82. The van der Waals surface area contributed by atoms with Gasteiger partial charge in [0.15, 0.2) is 0 Å². The third-order valence-electron chi connectivity index (χ3n) is 8.76. The van der Waals surface area contributed by atoms with Gasteiger partial charge in [-0.05, 0) is 78.9 Å². The van der Waals surface area contributed by atoms with Gasteiger partial charge in [0, 0.05) is 12.8 Å². The van der Waals surface area contributed by atoms with Crippen LogP contribution in [0.15, 0.2) is 0 Å². The van der Waals surface area contributed by atoms with E-state index in [4.69, 9.17) is 0 Å². The van der Waals surface area contributed by atoms with Crippen molar-refractivity contribution in [3.8, 4) is 0 Å². The number of Topliss-reactive ketones (excluding diaryl/α,β-unsaturated/α-hetero) is 1. The van der Waals surface area contributed by atoms with Crippen LogP contribution in [0.2, 0.25) is 0 Å². The zero-order chi connectivity index (χ0) is 15.7. The van der Waals surface area contributed by atoms with E-state index in [0.717, 1.165) is 31.1 Å². The molecule has 0 amide bonds. The van der Waals surface area contributed by atoms with Gasteiger partial charge in [-0.25, -0.2) is 0 Å². The van der Waals surface area contributed by atoms with Crippen LogP contribution in [0.1, 0.15) is 72.1 Å². The van der Waals surface area contributed by atoms with Gasteiger partial charge in [-0.15, -0.1) is 0 Å². The van der Waals surface area contributed by atoms with Gasteiger partial charge in [-0.1, -0.05) is 20.8 Å². The van der Waals surface area contributed by atoms with Crippen LogP contribution in [-0.2, 0) is 4.79 Å². The van der Waals surface area contributed by atoms with E-state index in [1.54, 1.807) is 0 Å². The van der Waals surface area contributed by atoms with E-state index >= 15 is 0 Å². The zero-order valence-electron chi connectivity index (χ0n) is 14.5. The highest BCUT2D eigenvalue weighted by molar-refractivity contribution is 5.79. The van der Waals surface area contributed by atoms with Gasteiger partial charge in [-0.2, -0.15) is 0 Å². The van der Waals surface area contributed by atoms with Crippen LogP contribution in [0, 0.1) is 40.4 Å². The number of aliphatic hydroxyl groups excluding tert-OH is 1. The quantitative estimate of drug-likeness (QED) is 0.728. The summed E-state index contributed by atoms with van der Waals surface area (Å²) in [5, 5.41) is 10.7. The summed E-state index contributed by atoms with van der Waals surface area (Å²) < 4.78 is 0. The first-order valence-electron chi connectivity index (χ1n) is 9.56. The summed E-state index contributed by atoms with van der Waals surface area (Å²) >= 11 is 0. The molecule has 22 heavy (non-hydrogen) atoms. The van der Waals surface area contributed by atoms with Gasteiger partial charge >= 0.3 is 0 Å². The number of hydrogen-bond acceptors (Lipinski definition) is 2. The predicted octanol–water partition coefficient (Wildman–Crippen LogP) is 4.21. The molecule has 0 spiro atoms. The first-order valence-corrected chi connectivity index (χ1v) is 9.56. The summed E-state index contributed by atoms with van der Waals surface area (Å²) in [6.07, 6.45) is 8.94. The van der Waals surface area contributed by atoms with E-state index in [2.05, 4.69) is 20.8 Å². The molecule has 4 aliphatic rings. The fraction of sp³-hybridized carbons (Fsp3) is 0.950. The Morgan fingerprint density at radius 1 is 1.05 bits per heavy atom. The fourth-order valence-corrected chi connectivity index (χ4v) is 7.38. The number of fused-ring (bicyclic) bond motifs is 5. The minimum atomic E-state index is -0.100. The Morgan fingerprint density at radius 3 is 2.59 bits per heavy atom. The number of hydrogen-bond donors (Lipinski definition) is 1. The molecule has 8 atom stereocenters. The summed E-state index contributed by atoms with van der Waals surface area (Å²) in [5.41, 5.74) is 0.559. The molecule has 0 aromatic rings. The van der Waals surface area contributed by atoms with Gasteiger partial charge in [0.05, 0.1) is 6.10 Å². The molecule has 4 saturated carbocycles. The smallest absolute Gasteiger partial charge is 0.133 e. The molecule has 2 nitrogen and oxygen atoms in total. The molecule has 4 aliphatic carbocycles. The third kappa shape index (κ3) is 1.85. The maximum atomic E-state index is 11.9. The second-order valence-electron chi connectivity index (χ2n) is 9.60. The molecular weight excluding hydrogens is 272 g/mol. The molecular formula is C20H32O2. The van der Waals surface area contributed by atoms with E-state index in [-0.39, 0.29) is 11.5 Å². The van der Waals surface area contributed by atoms with Crippen molar-refractivity contribution in [3.05, 3.63) is 0 Å². The lowest BCUT2D eigenvalue weighted by molar-refractivity contribution is -0.142. The van der Waals surface area contributed by atoms with Crippen molar-refractivity contribution in [1.82, 2.24) is 0 Å². The number of rotatable bonds is 0. The highest BCUT2D eigenvalue weighted by atomic mass is 16.3. The van der Waals surface area contributed by atoms with Crippen molar-refractivity contribution in [1.29, 1.82) is 0 Å². The van der Waals surface area contributed by atoms with Crippen LogP contribution in [0.4, 0.5) is 0 Å². The summed E-state index contributed by atoms with van der Waals surface area (Å²) in [5.74, 6) is 3.93. The van der Waals surface area contributed by atoms with Crippen LogP contribution in [0.25, 0.3) is 0 Å². The van der Waals surface area contributed by atoms with Crippen molar-refractivity contribution in [2.45, 2.75) is 78.2 Å². The zero-order valence-corrected chi connectivity index (χ0v) is 14.5. The molecule has 0 aromatic heterocycles. The number of ketones is 1. The molecule has 6 unspecified atom stereocenters. The highest BCUT2D eigenvalue weighted by Crippen LogP contribution is 2.66. The second-order valence-corrected chi connectivity index (χ2v) is 9.60. The first kappa shape index (κ1) is 15.2. The summed E-state index contributed by atoms with van der Waals surface area (Å²) in [6, 6.07) is 0. The lowest BCUT2D eigenvalue weighted by Crippen LogP contribution is -2.54. The monoisotopic (exact) mass is 304 g/mol. The molecule has 2 heteroatoms. The Balaban J connectivity index is 1.64. The molecule has 4 rings (SSSR count). The van der Waals surface area contributed by atoms with E-state index in [0.29, 0.717) is 29.0 Å². The first-order chi connectivity index (χ1) is 10.4. The van der Waals surface area contributed by atoms with Crippen molar-refractivity contribution < 1.29 is 9.90 Å². The van der Waals surface area contributed by atoms with Gasteiger partial charge in [0.25, 0.3) is 0 Å². The average Bonchev–Trinajstić information content (AvgIpc) is 2.72. The van der Waals surface area contributed by atoms with Gasteiger partial charge < -0.3 is 5.11 Å². The molecule has 0 aliphatic heterocycles. The number of carbonyl (C=O) groups excluding carboxylic acids is 1. The van der Waals surface area contributed by atoms with E-state index < -0.39 is 0 Å². The Morgan fingerprint density at radius 2 is 1.82 bits per heavy atom. The standard InChI is InChI=1S/C20H32O2/c1-12-10-17-15-5-4-13-11-14(21)6-8-19(13,2)16(15)7-9-20(17,3)18(12)22/h12-13,15-18,22H,4-11H2,1-3H3/t12-,13+,15?,16?,17?,18?,19?,20?/m1/s1.